The molecule has 0 saturated heterocycles. The number of benzene rings is 3. The summed E-state index contributed by atoms with van der Waals surface area (Å²) < 4.78 is 1.10. The van der Waals surface area contributed by atoms with E-state index < -0.39 is 0 Å². The number of halogens is 1. The van der Waals surface area contributed by atoms with Gasteiger partial charge in [0.1, 0.15) is 0 Å². The summed E-state index contributed by atoms with van der Waals surface area (Å²) in [5.74, 6) is 0.241. The fourth-order valence-corrected chi connectivity index (χ4v) is 5.19. The first-order valence-electron chi connectivity index (χ1n) is 12.5. The van der Waals surface area contributed by atoms with Crippen molar-refractivity contribution >= 4 is 43.3 Å². The van der Waals surface area contributed by atoms with Crippen LogP contribution in [0.4, 0.5) is 0 Å². The topological polar surface area (TPSA) is 20.3 Å². The summed E-state index contributed by atoms with van der Waals surface area (Å²) in [7, 11) is 0. The van der Waals surface area contributed by atoms with Crippen molar-refractivity contribution in [2.45, 2.75) is 78.2 Å². The van der Waals surface area contributed by atoms with Crippen LogP contribution in [-0.4, -0.2) is 29.8 Å². The minimum absolute atomic E-state index is 0.0857. The second-order valence-corrected chi connectivity index (χ2v) is 9.89. The van der Waals surface area contributed by atoms with E-state index >= 15 is 0 Å². The first kappa shape index (κ1) is 24.9. The van der Waals surface area contributed by atoms with Gasteiger partial charge in [-0.05, 0) is 66.5 Å². The second-order valence-electron chi connectivity index (χ2n) is 9.04. The van der Waals surface area contributed by atoms with E-state index in [1.54, 1.807) is 0 Å². The van der Waals surface area contributed by atoms with E-state index in [0.717, 1.165) is 33.9 Å². The summed E-state index contributed by atoms with van der Waals surface area (Å²) in [5.41, 5.74) is 0.824. The van der Waals surface area contributed by atoms with Crippen LogP contribution in [0.1, 0.15) is 82.5 Å². The van der Waals surface area contributed by atoms with Gasteiger partial charge in [-0.15, -0.1) is 0 Å². The number of nitrogens with zero attached hydrogens (tertiary/aromatic N) is 1. The third-order valence-electron chi connectivity index (χ3n) is 6.62. The van der Waals surface area contributed by atoms with Gasteiger partial charge >= 0.3 is 0 Å². The molecular formula is C29H38BrNO. The van der Waals surface area contributed by atoms with E-state index in [9.17, 15) is 4.79 Å². The number of unbranched alkanes of at least 4 members (excludes halogenated alkanes) is 6. The first-order chi connectivity index (χ1) is 15.6. The van der Waals surface area contributed by atoms with Gasteiger partial charge in [0.15, 0.2) is 5.78 Å². The van der Waals surface area contributed by atoms with Crippen LogP contribution in [0.15, 0.2) is 53.0 Å². The molecule has 0 aromatic heterocycles. The normalized spacial score (nSPS) is 12.7. The molecule has 172 valence electrons. The van der Waals surface area contributed by atoms with Crippen molar-refractivity contribution in [3.8, 4) is 0 Å². The van der Waals surface area contributed by atoms with Crippen molar-refractivity contribution in [1.29, 1.82) is 0 Å². The summed E-state index contributed by atoms with van der Waals surface area (Å²) in [5, 5.41) is 4.69. The maximum Gasteiger partial charge on any atom is 0.179 e. The van der Waals surface area contributed by atoms with Gasteiger partial charge in [0.2, 0.25) is 0 Å². The second kappa shape index (κ2) is 12.5. The largest absolute Gasteiger partial charge is 0.294 e. The lowest BCUT2D eigenvalue weighted by Gasteiger charge is -2.28. The Kier molecular flexibility index (Phi) is 9.74. The molecule has 3 aromatic carbocycles. The molecule has 3 heteroatoms. The maximum atomic E-state index is 13.6. The van der Waals surface area contributed by atoms with E-state index in [0.29, 0.717) is 0 Å². The molecule has 0 radical (unpaired) electrons. The van der Waals surface area contributed by atoms with Gasteiger partial charge in [0.25, 0.3) is 0 Å². The van der Waals surface area contributed by atoms with Gasteiger partial charge in [0.05, 0.1) is 6.04 Å². The standard InChI is InChI=1S/C29H38BrNO/c1-4-6-8-12-18-31(19-13-9-7-5-2)22(3)29(32)24-17-16-23-21-28(30)26-15-11-10-14-25(26)27(23)20-24/h10-11,14-17,20-22H,4-9,12-13,18-19H2,1-3H3. The Hall–Kier alpha value is -1.71. The zero-order valence-corrected chi connectivity index (χ0v) is 21.6. The van der Waals surface area contributed by atoms with E-state index in [-0.39, 0.29) is 11.8 Å². The monoisotopic (exact) mass is 495 g/mol. The van der Waals surface area contributed by atoms with Crippen molar-refractivity contribution in [2.24, 2.45) is 0 Å². The van der Waals surface area contributed by atoms with E-state index in [2.05, 4.69) is 84.1 Å². The van der Waals surface area contributed by atoms with Crippen molar-refractivity contribution in [3.05, 3.63) is 58.6 Å². The molecule has 0 N–H and O–H groups in total. The number of fused-ring (bicyclic) bond motifs is 3. The highest BCUT2D eigenvalue weighted by atomic mass is 79.9. The SMILES string of the molecule is CCCCCCN(CCCCCC)C(C)C(=O)c1ccc2cc(Br)c3ccccc3c2c1. The minimum atomic E-state index is -0.0857. The van der Waals surface area contributed by atoms with Crippen LogP contribution in [-0.2, 0) is 0 Å². The molecule has 3 rings (SSSR count). The molecule has 1 atom stereocenters. The number of carbonyl (C=O) groups is 1. The summed E-state index contributed by atoms with van der Waals surface area (Å²) in [6, 6.07) is 16.7. The Morgan fingerprint density at radius 3 is 2.06 bits per heavy atom. The highest BCUT2D eigenvalue weighted by Gasteiger charge is 2.22. The van der Waals surface area contributed by atoms with E-state index in [1.165, 1.54) is 62.1 Å². The molecule has 0 aliphatic rings. The van der Waals surface area contributed by atoms with Gasteiger partial charge in [-0.25, -0.2) is 0 Å². The Balaban J connectivity index is 1.83. The fourth-order valence-electron chi connectivity index (χ4n) is 4.60. The molecule has 0 bridgehead atoms. The van der Waals surface area contributed by atoms with Gasteiger partial charge in [-0.3, -0.25) is 9.69 Å². The zero-order valence-electron chi connectivity index (χ0n) is 20.0. The van der Waals surface area contributed by atoms with Crippen LogP contribution < -0.4 is 0 Å². The number of ketones is 1. The summed E-state index contributed by atoms with van der Waals surface area (Å²) in [6.07, 6.45) is 9.89. The smallest absolute Gasteiger partial charge is 0.179 e. The lowest BCUT2D eigenvalue weighted by molar-refractivity contribution is 0.0832. The molecule has 0 saturated carbocycles. The van der Waals surface area contributed by atoms with Crippen molar-refractivity contribution < 1.29 is 4.79 Å². The predicted octanol–water partition coefficient (Wildman–Crippen LogP) is 8.79. The summed E-state index contributed by atoms with van der Waals surface area (Å²) in [6.45, 7) is 8.63. The molecule has 1 unspecified atom stereocenters. The molecule has 0 heterocycles. The molecule has 2 nitrogen and oxygen atoms in total. The van der Waals surface area contributed by atoms with E-state index in [4.69, 9.17) is 0 Å². The van der Waals surface area contributed by atoms with Crippen LogP contribution in [0.3, 0.4) is 0 Å². The van der Waals surface area contributed by atoms with Gasteiger partial charge in [-0.2, -0.15) is 0 Å². The van der Waals surface area contributed by atoms with Crippen LogP contribution >= 0.6 is 15.9 Å². The zero-order chi connectivity index (χ0) is 22.9. The van der Waals surface area contributed by atoms with E-state index in [1.807, 2.05) is 6.07 Å². The van der Waals surface area contributed by atoms with Gasteiger partial charge in [0, 0.05) is 10.0 Å². The third kappa shape index (κ3) is 6.20. The highest BCUT2D eigenvalue weighted by molar-refractivity contribution is 9.10. The number of carbonyl (C=O) groups excluding carboxylic acids is 1. The Morgan fingerprint density at radius 2 is 1.44 bits per heavy atom. The first-order valence-corrected chi connectivity index (χ1v) is 13.2. The quantitative estimate of drug-likeness (QED) is 0.134. The summed E-state index contributed by atoms with van der Waals surface area (Å²) >= 11 is 3.70. The third-order valence-corrected chi connectivity index (χ3v) is 7.28. The molecule has 32 heavy (non-hydrogen) atoms. The number of hydrogen-bond acceptors (Lipinski definition) is 2. The van der Waals surface area contributed by atoms with Gasteiger partial charge < -0.3 is 0 Å². The highest BCUT2D eigenvalue weighted by Crippen LogP contribution is 2.32. The average Bonchev–Trinajstić information content (AvgIpc) is 2.82. The molecule has 0 aliphatic carbocycles. The Bertz CT molecular complexity index is 1020. The lowest BCUT2D eigenvalue weighted by atomic mass is 9.96. The minimum Gasteiger partial charge on any atom is -0.294 e. The lowest BCUT2D eigenvalue weighted by Crippen LogP contribution is -2.40. The van der Waals surface area contributed by atoms with Crippen molar-refractivity contribution in [3.63, 3.8) is 0 Å². The molecule has 0 spiro atoms. The molecule has 0 aliphatic heterocycles. The molecule has 0 fully saturated rings. The molecule has 3 aromatic rings. The Morgan fingerprint density at radius 1 is 0.812 bits per heavy atom. The van der Waals surface area contributed by atoms with Gasteiger partial charge in [-0.1, -0.05) is 105 Å². The average molecular weight is 497 g/mol. The summed E-state index contributed by atoms with van der Waals surface area (Å²) in [4.78, 5) is 16.0. The van der Waals surface area contributed by atoms with Crippen molar-refractivity contribution in [2.75, 3.05) is 13.1 Å². The fraction of sp³-hybridized carbons (Fsp3) is 0.483. The van der Waals surface area contributed by atoms with Crippen molar-refractivity contribution in [1.82, 2.24) is 4.90 Å². The van der Waals surface area contributed by atoms with Crippen LogP contribution in [0.5, 0.6) is 0 Å². The molecule has 0 amide bonds. The number of rotatable bonds is 13. The maximum absolute atomic E-state index is 13.6. The van der Waals surface area contributed by atoms with Crippen LogP contribution in [0.2, 0.25) is 0 Å². The molecular weight excluding hydrogens is 458 g/mol. The van der Waals surface area contributed by atoms with Crippen LogP contribution in [0.25, 0.3) is 21.5 Å². The Labute approximate surface area is 202 Å². The number of hydrogen-bond donors (Lipinski definition) is 0. The predicted molar refractivity (Wildman–Crippen MR) is 143 cm³/mol. The number of Topliss-reactive ketones (excluding diaryl/α,β-unsaturated/α-hetero) is 1. The van der Waals surface area contributed by atoms with Crippen LogP contribution in [0, 0.1) is 0 Å².